The summed E-state index contributed by atoms with van der Waals surface area (Å²) in [5, 5.41) is 3.11. The number of urea groups is 1. The molecule has 7 heteroatoms. The number of hydrogen-bond acceptors (Lipinski definition) is 5. The number of fused-ring (bicyclic) bond motifs is 1. The Balaban J connectivity index is 1.26. The molecule has 7 nitrogen and oxygen atoms in total. The van der Waals surface area contributed by atoms with E-state index in [2.05, 4.69) is 10.2 Å². The Morgan fingerprint density at radius 2 is 1.93 bits per heavy atom. The summed E-state index contributed by atoms with van der Waals surface area (Å²) in [5.74, 6) is 1.52. The molecule has 0 bridgehead atoms. The largest absolute Gasteiger partial charge is 0.486 e. The Morgan fingerprint density at radius 3 is 2.67 bits per heavy atom. The van der Waals surface area contributed by atoms with Crippen LogP contribution in [0.3, 0.4) is 0 Å². The number of amides is 2. The van der Waals surface area contributed by atoms with E-state index in [1.165, 1.54) is 6.42 Å². The van der Waals surface area contributed by atoms with E-state index in [1.54, 1.807) is 0 Å². The van der Waals surface area contributed by atoms with Crippen molar-refractivity contribution in [3.05, 3.63) is 23.8 Å². The lowest BCUT2D eigenvalue weighted by molar-refractivity contribution is 0.0559. The van der Waals surface area contributed by atoms with Crippen LogP contribution in [0.4, 0.5) is 4.79 Å². The van der Waals surface area contributed by atoms with Crippen LogP contribution >= 0.6 is 0 Å². The first-order valence-corrected chi connectivity index (χ1v) is 9.98. The van der Waals surface area contributed by atoms with E-state index in [4.69, 9.17) is 14.2 Å². The number of nitrogens with zero attached hydrogens (tertiary/aromatic N) is 2. The van der Waals surface area contributed by atoms with Crippen molar-refractivity contribution in [2.45, 2.75) is 31.9 Å². The molecule has 3 heterocycles. The topological polar surface area (TPSA) is 63.3 Å². The maximum Gasteiger partial charge on any atom is 0.317 e. The number of rotatable bonds is 4. The van der Waals surface area contributed by atoms with E-state index in [9.17, 15) is 4.79 Å². The summed E-state index contributed by atoms with van der Waals surface area (Å²) in [6.45, 7) is 8.35. The number of ether oxygens (including phenoxy) is 3. The van der Waals surface area contributed by atoms with Gasteiger partial charge in [-0.1, -0.05) is 6.07 Å². The summed E-state index contributed by atoms with van der Waals surface area (Å²) in [7, 11) is 0. The van der Waals surface area contributed by atoms with Crippen LogP contribution in [0.25, 0.3) is 0 Å². The maximum absolute atomic E-state index is 12.6. The van der Waals surface area contributed by atoms with Crippen molar-refractivity contribution in [2.75, 3.05) is 52.5 Å². The highest BCUT2D eigenvalue weighted by Gasteiger charge is 2.25. The van der Waals surface area contributed by atoms with Crippen molar-refractivity contribution in [2.24, 2.45) is 0 Å². The van der Waals surface area contributed by atoms with Gasteiger partial charge in [0.25, 0.3) is 0 Å². The fraction of sp³-hybridized carbons (Fsp3) is 0.650. The average molecular weight is 375 g/mol. The molecule has 1 aromatic rings. The summed E-state index contributed by atoms with van der Waals surface area (Å²) >= 11 is 0. The average Bonchev–Trinajstić information content (AvgIpc) is 3.21. The van der Waals surface area contributed by atoms with Gasteiger partial charge in [-0.2, -0.15) is 0 Å². The Kier molecular flexibility index (Phi) is 5.69. The highest BCUT2D eigenvalue weighted by Crippen LogP contribution is 2.32. The molecule has 0 aliphatic carbocycles. The molecule has 0 saturated carbocycles. The minimum Gasteiger partial charge on any atom is -0.486 e. The third kappa shape index (κ3) is 4.47. The molecule has 2 fully saturated rings. The molecule has 27 heavy (non-hydrogen) atoms. The fourth-order valence-electron chi connectivity index (χ4n) is 3.90. The van der Waals surface area contributed by atoms with Gasteiger partial charge in [-0.25, -0.2) is 4.79 Å². The lowest BCUT2D eigenvalue weighted by Crippen LogP contribution is -2.53. The molecule has 0 radical (unpaired) electrons. The van der Waals surface area contributed by atoms with Gasteiger partial charge < -0.3 is 24.4 Å². The molecule has 3 aliphatic rings. The minimum atomic E-state index is -0.0850. The quantitative estimate of drug-likeness (QED) is 0.872. The number of carbonyl (C=O) groups excluding carboxylic acids is 1. The van der Waals surface area contributed by atoms with Crippen LogP contribution in [-0.2, 0) is 4.74 Å². The summed E-state index contributed by atoms with van der Waals surface area (Å²) < 4.78 is 16.9. The van der Waals surface area contributed by atoms with Crippen LogP contribution in [-0.4, -0.2) is 74.5 Å². The number of hydrogen-bond donors (Lipinski definition) is 1. The lowest BCUT2D eigenvalue weighted by Gasteiger charge is -2.36. The van der Waals surface area contributed by atoms with Gasteiger partial charge in [-0.3, -0.25) is 4.90 Å². The molecule has 0 aromatic heterocycles. The monoisotopic (exact) mass is 375 g/mol. The normalized spacial score (nSPS) is 23.9. The van der Waals surface area contributed by atoms with Crippen molar-refractivity contribution in [3.63, 3.8) is 0 Å². The van der Waals surface area contributed by atoms with Crippen LogP contribution in [0, 0.1) is 0 Å². The second-order valence-corrected chi connectivity index (χ2v) is 7.50. The summed E-state index contributed by atoms with van der Waals surface area (Å²) in [6, 6.07) is 5.76. The summed E-state index contributed by atoms with van der Waals surface area (Å²) in [4.78, 5) is 16.9. The van der Waals surface area contributed by atoms with Crippen LogP contribution in [0.5, 0.6) is 11.5 Å². The number of carbonyl (C=O) groups is 1. The molecule has 1 N–H and O–H groups in total. The van der Waals surface area contributed by atoms with Crippen LogP contribution < -0.4 is 14.8 Å². The SMILES string of the molecule is CC(NC(=O)N1CCN(CC2CCCO2)CC1)c1ccc2c(c1)OCCO2. The van der Waals surface area contributed by atoms with Crippen molar-refractivity contribution < 1.29 is 19.0 Å². The predicted molar refractivity (Wildman–Crippen MR) is 101 cm³/mol. The molecule has 0 spiro atoms. The van der Waals surface area contributed by atoms with Crippen molar-refractivity contribution in [1.29, 1.82) is 0 Å². The smallest absolute Gasteiger partial charge is 0.317 e. The van der Waals surface area contributed by atoms with Gasteiger partial charge in [0.2, 0.25) is 0 Å². The van der Waals surface area contributed by atoms with Crippen molar-refractivity contribution in [3.8, 4) is 11.5 Å². The molecule has 148 valence electrons. The zero-order valence-electron chi connectivity index (χ0n) is 16.0. The molecule has 2 unspecified atom stereocenters. The first-order valence-electron chi connectivity index (χ1n) is 9.98. The van der Waals surface area contributed by atoms with Gasteiger partial charge in [0, 0.05) is 39.3 Å². The van der Waals surface area contributed by atoms with Gasteiger partial charge in [-0.15, -0.1) is 0 Å². The maximum atomic E-state index is 12.6. The van der Waals surface area contributed by atoms with Gasteiger partial charge >= 0.3 is 6.03 Å². The predicted octanol–water partition coefficient (Wildman–Crippen LogP) is 2.02. The van der Waals surface area contributed by atoms with E-state index in [1.807, 2.05) is 30.0 Å². The van der Waals surface area contributed by atoms with Gasteiger partial charge in [0.1, 0.15) is 13.2 Å². The van der Waals surface area contributed by atoms with Crippen LogP contribution in [0.1, 0.15) is 31.4 Å². The van der Waals surface area contributed by atoms with E-state index in [-0.39, 0.29) is 12.1 Å². The van der Waals surface area contributed by atoms with Gasteiger partial charge in [0.15, 0.2) is 11.5 Å². The third-order valence-corrected chi connectivity index (χ3v) is 5.55. The Hall–Kier alpha value is -1.99. The minimum absolute atomic E-state index is 0.00541. The molecule has 2 atom stereocenters. The van der Waals surface area contributed by atoms with Gasteiger partial charge in [0.05, 0.1) is 12.1 Å². The third-order valence-electron chi connectivity index (χ3n) is 5.55. The summed E-state index contributed by atoms with van der Waals surface area (Å²) in [5.41, 5.74) is 1.02. The van der Waals surface area contributed by atoms with Crippen LogP contribution in [0.2, 0.25) is 0 Å². The zero-order valence-corrected chi connectivity index (χ0v) is 16.0. The van der Waals surface area contributed by atoms with E-state index in [0.29, 0.717) is 19.3 Å². The second kappa shape index (κ2) is 8.35. The molecule has 2 amide bonds. The molecule has 1 aromatic carbocycles. The van der Waals surface area contributed by atoms with Crippen molar-refractivity contribution in [1.82, 2.24) is 15.1 Å². The highest BCUT2D eigenvalue weighted by molar-refractivity contribution is 5.75. The highest BCUT2D eigenvalue weighted by atomic mass is 16.6. The van der Waals surface area contributed by atoms with E-state index in [0.717, 1.165) is 62.8 Å². The van der Waals surface area contributed by atoms with Gasteiger partial charge in [-0.05, 0) is 37.5 Å². The van der Waals surface area contributed by atoms with Crippen molar-refractivity contribution >= 4 is 6.03 Å². The Bertz CT molecular complexity index is 655. The first-order chi connectivity index (χ1) is 13.2. The zero-order chi connectivity index (χ0) is 18.6. The molecular weight excluding hydrogens is 346 g/mol. The number of nitrogens with one attached hydrogen (secondary N) is 1. The Morgan fingerprint density at radius 1 is 1.15 bits per heavy atom. The van der Waals surface area contributed by atoms with E-state index >= 15 is 0 Å². The van der Waals surface area contributed by atoms with Crippen LogP contribution in [0.15, 0.2) is 18.2 Å². The second-order valence-electron chi connectivity index (χ2n) is 7.50. The molecule has 2 saturated heterocycles. The molecule has 4 rings (SSSR count). The lowest BCUT2D eigenvalue weighted by atomic mass is 10.1. The number of piperazine rings is 1. The first kappa shape index (κ1) is 18.4. The van der Waals surface area contributed by atoms with E-state index < -0.39 is 0 Å². The standard InChI is InChI=1S/C20H29N3O4/c1-15(16-4-5-18-19(13-16)27-12-11-26-18)21-20(24)23-8-6-22(7-9-23)14-17-3-2-10-25-17/h4-5,13,15,17H,2-3,6-12,14H2,1H3,(H,21,24). The molecule has 3 aliphatic heterocycles. The number of benzene rings is 1. The summed E-state index contributed by atoms with van der Waals surface area (Å²) in [6.07, 6.45) is 2.71. The Labute approximate surface area is 160 Å². The molecular formula is C20H29N3O4. The fourth-order valence-corrected chi connectivity index (χ4v) is 3.90.